The number of fused-ring (bicyclic) bond motifs is 4. The molecule has 4 heterocycles. The second-order valence-electron chi connectivity index (χ2n) is 8.38. The molecule has 1 amide bonds. The van der Waals surface area contributed by atoms with Gasteiger partial charge in [-0.25, -0.2) is 15.0 Å². The van der Waals surface area contributed by atoms with Gasteiger partial charge in [-0.1, -0.05) is 0 Å². The number of hydrogen-bond donors (Lipinski definition) is 1. The topological polar surface area (TPSA) is 103 Å². The molecule has 0 bridgehead atoms. The van der Waals surface area contributed by atoms with Gasteiger partial charge in [0.25, 0.3) is 0 Å². The Hall–Kier alpha value is -3.81. The maximum Gasteiger partial charge on any atom is 0.225 e. The van der Waals surface area contributed by atoms with E-state index in [-0.39, 0.29) is 29.6 Å². The first-order valence-electron chi connectivity index (χ1n) is 10.7. The Bertz CT molecular complexity index is 1230. The maximum atomic E-state index is 12.5. The molecule has 3 aliphatic rings. The van der Waals surface area contributed by atoms with Gasteiger partial charge in [-0.3, -0.25) is 9.59 Å². The van der Waals surface area contributed by atoms with Crippen molar-refractivity contribution in [2.45, 2.75) is 37.7 Å². The van der Waals surface area contributed by atoms with Crippen LogP contribution in [0.1, 0.15) is 35.6 Å². The Kier molecular flexibility index (Phi) is 4.38. The first-order chi connectivity index (χ1) is 15.7. The lowest BCUT2D eigenvalue weighted by Gasteiger charge is -2.19. The van der Waals surface area contributed by atoms with E-state index >= 15 is 0 Å². The summed E-state index contributed by atoms with van der Waals surface area (Å²) in [5.41, 5.74) is 2.73. The average Bonchev–Trinajstić information content (AvgIpc) is 3.30. The highest BCUT2D eigenvalue weighted by Crippen LogP contribution is 2.60. The molecule has 8 heteroatoms. The average molecular weight is 428 g/mol. The maximum absolute atomic E-state index is 12.5. The van der Waals surface area contributed by atoms with Crippen LogP contribution in [-0.4, -0.2) is 32.7 Å². The molecular formula is C24H20N4O4. The molecule has 0 radical (unpaired) electrons. The Labute approximate surface area is 184 Å². The third kappa shape index (κ3) is 3.37. The number of ether oxygens (including phenoxy) is 2. The molecule has 2 aromatic heterocycles. The minimum absolute atomic E-state index is 0.0306. The number of ketones is 1. The van der Waals surface area contributed by atoms with Crippen LogP contribution in [-0.2, 0) is 22.4 Å². The molecule has 1 N–H and O–H groups in total. The van der Waals surface area contributed by atoms with Crippen molar-refractivity contribution in [3.8, 4) is 17.2 Å². The van der Waals surface area contributed by atoms with Crippen molar-refractivity contribution in [1.82, 2.24) is 15.0 Å². The standard InChI is InChI=1S/C24H20N4O4/c29-14(9-13-5-7-25-12-27-13)10-18-22-17-11-15(1-3-19(17)32-23(18)22)31-20-6-8-26-24-16(20)2-4-21(30)28-24/h1,3,5-8,11-12,18,22-23H,2,4,9-10H2,(H,26,28,30)/t18-,22-,23+/m0/s1. The van der Waals surface area contributed by atoms with Crippen molar-refractivity contribution in [2.24, 2.45) is 5.92 Å². The zero-order valence-corrected chi connectivity index (χ0v) is 17.2. The SMILES string of the molecule is O=C(Cc1ccncn1)C[C@@H]1[C@H]2Oc3ccc(Oc4ccnc5c4CCC(=O)N5)cc3[C@@H]12. The molecule has 0 unspecified atom stereocenters. The zero-order chi connectivity index (χ0) is 21.7. The molecule has 0 saturated heterocycles. The van der Waals surface area contributed by atoms with Crippen molar-refractivity contribution in [3.63, 3.8) is 0 Å². The summed E-state index contributed by atoms with van der Waals surface area (Å²) in [5.74, 6) is 3.35. The van der Waals surface area contributed by atoms with E-state index < -0.39 is 0 Å². The van der Waals surface area contributed by atoms with E-state index in [0.717, 1.165) is 22.6 Å². The van der Waals surface area contributed by atoms with E-state index in [1.807, 2.05) is 24.3 Å². The van der Waals surface area contributed by atoms with Crippen LogP contribution in [0.25, 0.3) is 0 Å². The van der Waals surface area contributed by atoms with Gasteiger partial charge in [-0.2, -0.15) is 0 Å². The van der Waals surface area contributed by atoms with Crippen molar-refractivity contribution in [3.05, 3.63) is 65.9 Å². The van der Waals surface area contributed by atoms with Crippen LogP contribution in [0.15, 0.2) is 49.1 Å². The number of carbonyl (C=O) groups excluding carboxylic acids is 2. The van der Waals surface area contributed by atoms with Gasteiger partial charge in [0.05, 0.1) is 5.69 Å². The molecule has 3 atom stereocenters. The van der Waals surface area contributed by atoms with E-state index in [9.17, 15) is 9.59 Å². The zero-order valence-electron chi connectivity index (χ0n) is 17.2. The molecule has 1 aromatic carbocycles. The van der Waals surface area contributed by atoms with E-state index in [0.29, 0.717) is 43.0 Å². The number of nitrogens with one attached hydrogen (secondary N) is 1. The first-order valence-corrected chi connectivity index (χ1v) is 10.7. The number of nitrogens with zero attached hydrogens (tertiary/aromatic N) is 3. The van der Waals surface area contributed by atoms with Crippen LogP contribution < -0.4 is 14.8 Å². The number of aromatic nitrogens is 3. The van der Waals surface area contributed by atoms with Gasteiger partial charge < -0.3 is 14.8 Å². The highest BCUT2D eigenvalue weighted by atomic mass is 16.5. The Morgan fingerprint density at radius 1 is 1.16 bits per heavy atom. The van der Waals surface area contributed by atoms with E-state index in [1.54, 1.807) is 18.5 Å². The van der Waals surface area contributed by atoms with Gasteiger partial charge >= 0.3 is 0 Å². The number of pyridine rings is 1. The molecule has 2 aliphatic heterocycles. The fourth-order valence-corrected chi connectivity index (χ4v) is 4.70. The van der Waals surface area contributed by atoms with Crippen LogP contribution >= 0.6 is 0 Å². The number of carbonyl (C=O) groups is 2. The summed E-state index contributed by atoms with van der Waals surface area (Å²) in [6, 6.07) is 9.39. The summed E-state index contributed by atoms with van der Waals surface area (Å²) in [6.07, 6.45) is 6.60. The Morgan fingerprint density at radius 2 is 2.09 bits per heavy atom. The molecule has 1 saturated carbocycles. The summed E-state index contributed by atoms with van der Waals surface area (Å²) in [7, 11) is 0. The Balaban J connectivity index is 1.16. The Morgan fingerprint density at radius 3 is 2.97 bits per heavy atom. The summed E-state index contributed by atoms with van der Waals surface area (Å²) in [6.45, 7) is 0. The molecule has 1 aliphatic carbocycles. The van der Waals surface area contributed by atoms with Gasteiger partial charge in [0, 0.05) is 54.6 Å². The smallest absolute Gasteiger partial charge is 0.225 e. The van der Waals surface area contributed by atoms with Crippen LogP contribution in [0.4, 0.5) is 5.82 Å². The summed E-state index contributed by atoms with van der Waals surface area (Å²) < 4.78 is 12.2. The molecular weight excluding hydrogens is 408 g/mol. The molecule has 3 aromatic rings. The van der Waals surface area contributed by atoms with E-state index in [4.69, 9.17) is 9.47 Å². The second kappa shape index (κ2) is 7.40. The minimum Gasteiger partial charge on any atom is -0.489 e. The monoisotopic (exact) mass is 428 g/mol. The van der Waals surface area contributed by atoms with Crippen LogP contribution in [0, 0.1) is 5.92 Å². The predicted octanol–water partition coefficient (Wildman–Crippen LogP) is 3.22. The van der Waals surface area contributed by atoms with E-state index in [2.05, 4.69) is 20.3 Å². The number of Topliss-reactive ketones (excluding diaryl/α,β-unsaturated/α-hetero) is 1. The van der Waals surface area contributed by atoms with Crippen molar-refractivity contribution in [1.29, 1.82) is 0 Å². The van der Waals surface area contributed by atoms with Gasteiger partial charge in [0.1, 0.15) is 41.3 Å². The second-order valence-corrected chi connectivity index (χ2v) is 8.38. The molecule has 0 spiro atoms. The first kappa shape index (κ1) is 18.9. The number of rotatable bonds is 6. The van der Waals surface area contributed by atoms with Gasteiger partial charge in [-0.15, -0.1) is 0 Å². The predicted molar refractivity (Wildman–Crippen MR) is 114 cm³/mol. The summed E-state index contributed by atoms with van der Waals surface area (Å²) >= 11 is 0. The van der Waals surface area contributed by atoms with E-state index in [1.165, 1.54) is 6.33 Å². The van der Waals surface area contributed by atoms with Gasteiger partial charge in [0.2, 0.25) is 5.91 Å². The number of hydrogen-bond acceptors (Lipinski definition) is 7. The quantitative estimate of drug-likeness (QED) is 0.643. The minimum atomic E-state index is -0.0306. The van der Waals surface area contributed by atoms with Crippen LogP contribution in [0.3, 0.4) is 0 Å². The number of anilines is 1. The summed E-state index contributed by atoms with van der Waals surface area (Å²) in [5, 5.41) is 2.79. The van der Waals surface area contributed by atoms with Crippen molar-refractivity contribution < 1.29 is 19.1 Å². The van der Waals surface area contributed by atoms with Gasteiger partial charge in [0.15, 0.2) is 0 Å². The van der Waals surface area contributed by atoms with Crippen molar-refractivity contribution >= 4 is 17.5 Å². The molecule has 6 rings (SSSR count). The molecule has 32 heavy (non-hydrogen) atoms. The van der Waals surface area contributed by atoms with Crippen LogP contribution in [0.2, 0.25) is 0 Å². The molecule has 160 valence electrons. The normalized spacial score (nSPS) is 22.1. The highest BCUT2D eigenvalue weighted by molar-refractivity contribution is 5.93. The number of benzene rings is 1. The number of amides is 1. The summed E-state index contributed by atoms with van der Waals surface area (Å²) in [4.78, 5) is 36.4. The third-order valence-electron chi connectivity index (χ3n) is 6.29. The molecule has 1 fully saturated rings. The largest absolute Gasteiger partial charge is 0.489 e. The van der Waals surface area contributed by atoms with Crippen LogP contribution in [0.5, 0.6) is 17.2 Å². The molecule has 8 nitrogen and oxygen atoms in total. The van der Waals surface area contributed by atoms with Crippen molar-refractivity contribution in [2.75, 3.05) is 5.32 Å². The third-order valence-corrected chi connectivity index (χ3v) is 6.29. The fraction of sp³-hybridized carbons (Fsp3) is 0.292. The highest BCUT2D eigenvalue weighted by Gasteiger charge is 2.59. The van der Waals surface area contributed by atoms with Gasteiger partial charge in [-0.05, 0) is 36.8 Å². The fourth-order valence-electron chi connectivity index (χ4n) is 4.70. The lowest BCUT2D eigenvalue weighted by molar-refractivity contribution is -0.119. The lowest BCUT2D eigenvalue weighted by atomic mass is 10.0. The lowest BCUT2D eigenvalue weighted by Crippen LogP contribution is -2.20.